The lowest BCUT2D eigenvalue weighted by atomic mass is 9.98. The van der Waals surface area contributed by atoms with Gasteiger partial charge in [-0.1, -0.05) is 29.8 Å². The van der Waals surface area contributed by atoms with Crippen LogP contribution in [0.5, 0.6) is 0 Å². The van der Waals surface area contributed by atoms with Crippen LogP contribution in [0.1, 0.15) is 26.4 Å². The monoisotopic (exact) mass is 250 g/mol. The zero-order valence-corrected chi connectivity index (χ0v) is 10.7. The van der Waals surface area contributed by atoms with Gasteiger partial charge >= 0.3 is 0 Å². The molecule has 2 aromatic rings. The summed E-state index contributed by atoms with van der Waals surface area (Å²) in [5.41, 5.74) is 2.81. The van der Waals surface area contributed by atoms with Crippen LogP contribution in [0.25, 0.3) is 0 Å². The van der Waals surface area contributed by atoms with Gasteiger partial charge in [-0.3, -0.25) is 4.79 Å². The lowest BCUT2D eigenvalue weighted by Crippen LogP contribution is -2.04. The van der Waals surface area contributed by atoms with Gasteiger partial charge in [0.25, 0.3) is 0 Å². The van der Waals surface area contributed by atoms with E-state index in [4.69, 9.17) is 11.6 Å². The Bertz CT molecular complexity index is 522. The van der Waals surface area contributed by atoms with Gasteiger partial charge in [0.2, 0.25) is 5.78 Å². The van der Waals surface area contributed by atoms with Crippen LogP contribution in [0.15, 0.2) is 30.3 Å². The number of carbonyl (C=O) groups is 1. The molecule has 0 radical (unpaired) electrons. The zero-order valence-electron chi connectivity index (χ0n) is 9.08. The van der Waals surface area contributed by atoms with E-state index in [0.29, 0.717) is 9.21 Å². The van der Waals surface area contributed by atoms with Crippen molar-refractivity contribution in [3.63, 3.8) is 0 Å². The second-order valence-corrected chi connectivity index (χ2v) is 5.41. The molecule has 1 aromatic heterocycles. The number of ketones is 1. The first kappa shape index (κ1) is 11.4. The fourth-order valence-electron chi connectivity index (χ4n) is 1.73. The Hall–Kier alpha value is -1.12. The normalized spacial score (nSPS) is 10.4. The van der Waals surface area contributed by atoms with Crippen molar-refractivity contribution in [3.05, 3.63) is 56.2 Å². The van der Waals surface area contributed by atoms with Crippen molar-refractivity contribution >= 4 is 28.7 Å². The Kier molecular flexibility index (Phi) is 3.13. The van der Waals surface area contributed by atoms with E-state index in [0.717, 1.165) is 16.7 Å². The number of hydrogen-bond donors (Lipinski definition) is 0. The average Bonchev–Trinajstić information content (AvgIpc) is 2.64. The van der Waals surface area contributed by atoms with Crippen LogP contribution < -0.4 is 0 Å². The first-order chi connectivity index (χ1) is 7.59. The molecule has 0 unspecified atom stereocenters. The number of benzene rings is 1. The fourth-order valence-corrected chi connectivity index (χ4v) is 2.72. The predicted molar refractivity (Wildman–Crippen MR) is 68.7 cm³/mol. The summed E-state index contributed by atoms with van der Waals surface area (Å²) < 4.78 is 0.648. The number of carbonyl (C=O) groups excluding carboxylic acids is 1. The van der Waals surface area contributed by atoms with Crippen LogP contribution in [-0.2, 0) is 0 Å². The van der Waals surface area contributed by atoms with Gasteiger partial charge in [-0.2, -0.15) is 0 Å². The van der Waals surface area contributed by atoms with Crippen LogP contribution in [-0.4, -0.2) is 5.78 Å². The van der Waals surface area contributed by atoms with E-state index < -0.39 is 0 Å². The number of rotatable bonds is 2. The molecule has 1 nitrogen and oxygen atoms in total. The molecule has 16 heavy (non-hydrogen) atoms. The van der Waals surface area contributed by atoms with Gasteiger partial charge in [-0.15, -0.1) is 11.3 Å². The van der Waals surface area contributed by atoms with Crippen LogP contribution in [0.2, 0.25) is 4.34 Å². The van der Waals surface area contributed by atoms with Gasteiger partial charge in [-0.05, 0) is 37.1 Å². The molecule has 0 aliphatic carbocycles. The Morgan fingerprint density at radius 2 is 1.75 bits per heavy atom. The summed E-state index contributed by atoms with van der Waals surface area (Å²) in [4.78, 5) is 12.9. The molecule has 0 bridgehead atoms. The zero-order chi connectivity index (χ0) is 11.7. The molecular weight excluding hydrogens is 240 g/mol. The highest BCUT2D eigenvalue weighted by atomic mass is 35.5. The molecule has 0 fully saturated rings. The molecule has 82 valence electrons. The number of halogens is 1. The Morgan fingerprint density at radius 3 is 2.25 bits per heavy atom. The van der Waals surface area contributed by atoms with E-state index in [-0.39, 0.29) is 5.78 Å². The quantitative estimate of drug-likeness (QED) is 0.729. The Morgan fingerprint density at radius 1 is 1.12 bits per heavy atom. The highest BCUT2D eigenvalue weighted by Gasteiger charge is 2.15. The fraction of sp³-hybridized carbons (Fsp3) is 0.154. The van der Waals surface area contributed by atoms with Crippen molar-refractivity contribution in [2.75, 3.05) is 0 Å². The molecule has 0 N–H and O–H groups in total. The minimum atomic E-state index is 0.0625. The maximum Gasteiger partial charge on any atom is 0.203 e. The third-order valence-corrected chi connectivity index (χ3v) is 3.74. The van der Waals surface area contributed by atoms with Gasteiger partial charge in [0, 0.05) is 5.56 Å². The maximum absolute atomic E-state index is 12.3. The molecule has 0 aliphatic heterocycles. The third-order valence-electron chi connectivity index (χ3n) is 2.51. The molecule has 0 amide bonds. The minimum absolute atomic E-state index is 0.0625. The summed E-state index contributed by atoms with van der Waals surface area (Å²) in [6, 6.07) is 9.40. The maximum atomic E-state index is 12.3. The van der Waals surface area contributed by atoms with Crippen molar-refractivity contribution in [2.45, 2.75) is 13.8 Å². The number of hydrogen-bond acceptors (Lipinski definition) is 2. The molecule has 0 spiro atoms. The van der Waals surface area contributed by atoms with Crippen molar-refractivity contribution in [1.82, 2.24) is 0 Å². The summed E-state index contributed by atoms with van der Waals surface area (Å²) in [5, 5.41) is 0. The second kappa shape index (κ2) is 4.40. The summed E-state index contributed by atoms with van der Waals surface area (Å²) in [6.07, 6.45) is 0. The van der Waals surface area contributed by atoms with Gasteiger partial charge in [0.15, 0.2) is 0 Å². The third kappa shape index (κ3) is 2.04. The smallest absolute Gasteiger partial charge is 0.203 e. The number of thiophene rings is 1. The molecule has 2 rings (SSSR count). The highest BCUT2D eigenvalue weighted by Crippen LogP contribution is 2.26. The van der Waals surface area contributed by atoms with E-state index in [1.54, 1.807) is 12.1 Å². The van der Waals surface area contributed by atoms with Crippen molar-refractivity contribution in [2.24, 2.45) is 0 Å². The van der Waals surface area contributed by atoms with E-state index in [1.165, 1.54) is 11.3 Å². The van der Waals surface area contributed by atoms with Crippen LogP contribution in [0.4, 0.5) is 0 Å². The summed E-state index contributed by atoms with van der Waals surface area (Å²) in [5.74, 6) is 0.0625. The Labute approximate surface area is 104 Å². The lowest BCUT2D eigenvalue weighted by Gasteiger charge is -2.06. The highest BCUT2D eigenvalue weighted by molar-refractivity contribution is 7.18. The standard InChI is InChI=1S/C13H11ClOS/c1-8-4-3-5-9(2)12(8)13(15)10-6-7-11(14)16-10/h3-7H,1-2H3. The molecular formula is C13H11ClOS. The number of aryl methyl sites for hydroxylation is 2. The second-order valence-electron chi connectivity index (χ2n) is 3.70. The van der Waals surface area contributed by atoms with E-state index in [9.17, 15) is 4.79 Å². The molecule has 0 aliphatic rings. The molecule has 1 aromatic carbocycles. The average molecular weight is 251 g/mol. The van der Waals surface area contributed by atoms with Crippen LogP contribution in [0, 0.1) is 13.8 Å². The van der Waals surface area contributed by atoms with Crippen molar-refractivity contribution < 1.29 is 4.79 Å². The molecule has 0 saturated carbocycles. The van der Waals surface area contributed by atoms with Gasteiger partial charge in [0.1, 0.15) is 0 Å². The van der Waals surface area contributed by atoms with Gasteiger partial charge in [-0.25, -0.2) is 0 Å². The lowest BCUT2D eigenvalue weighted by molar-refractivity contribution is 0.104. The summed E-state index contributed by atoms with van der Waals surface area (Å²) in [6.45, 7) is 3.91. The molecule has 0 saturated heterocycles. The van der Waals surface area contributed by atoms with Crippen molar-refractivity contribution in [1.29, 1.82) is 0 Å². The molecule has 1 heterocycles. The van der Waals surface area contributed by atoms with E-state index in [1.807, 2.05) is 32.0 Å². The SMILES string of the molecule is Cc1cccc(C)c1C(=O)c1ccc(Cl)s1. The Balaban J connectivity index is 2.49. The topological polar surface area (TPSA) is 17.1 Å². The summed E-state index contributed by atoms with van der Waals surface area (Å²) in [7, 11) is 0. The summed E-state index contributed by atoms with van der Waals surface area (Å²) >= 11 is 7.16. The molecule has 3 heteroatoms. The van der Waals surface area contributed by atoms with E-state index in [2.05, 4.69) is 0 Å². The van der Waals surface area contributed by atoms with Crippen LogP contribution >= 0.6 is 22.9 Å². The van der Waals surface area contributed by atoms with Gasteiger partial charge < -0.3 is 0 Å². The van der Waals surface area contributed by atoms with E-state index >= 15 is 0 Å². The van der Waals surface area contributed by atoms with Crippen LogP contribution in [0.3, 0.4) is 0 Å². The molecule has 0 atom stereocenters. The predicted octanol–water partition coefficient (Wildman–Crippen LogP) is 4.25. The first-order valence-electron chi connectivity index (χ1n) is 4.96. The first-order valence-corrected chi connectivity index (χ1v) is 6.15. The van der Waals surface area contributed by atoms with Crippen molar-refractivity contribution in [3.8, 4) is 0 Å². The van der Waals surface area contributed by atoms with Gasteiger partial charge in [0.05, 0.1) is 9.21 Å². The largest absolute Gasteiger partial charge is 0.288 e. The minimum Gasteiger partial charge on any atom is -0.288 e.